The molecule has 4 atom stereocenters. The van der Waals surface area contributed by atoms with Crippen LogP contribution in [0.3, 0.4) is 0 Å². The van der Waals surface area contributed by atoms with Crippen LogP contribution in [0.5, 0.6) is 0 Å². The number of carboxylic acid groups (broad SMARTS) is 1. The molecule has 29 heavy (non-hydrogen) atoms. The van der Waals surface area contributed by atoms with Gasteiger partial charge in [0.25, 0.3) is 0 Å². The number of carbonyl (C=O) groups excluding carboxylic acids is 2. The van der Waals surface area contributed by atoms with Crippen molar-refractivity contribution in [1.29, 1.82) is 0 Å². The standard InChI is InChI=1S/C18H37N5O6/c1-5-22(12(3)17(19)28)14(10-24)7-21(9-16(26)27)8-15(11-25)23(6-2)13(4)18(20)29/h12-15,24-25H,5-11H2,1-4H3,(H2,19,28)(H2,20,29)(H,26,27). The highest BCUT2D eigenvalue weighted by atomic mass is 16.4. The average molecular weight is 420 g/mol. The van der Waals surface area contributed by atoms with Crippen molar-refractivity contribution in [2.45, 2.75) is 51.9 Å². The van der Waals surface area contributed by atoms with Crippen molar-refractivity contribution in [3.63, 3.8) is 0 Å². The second-order valence-electron chi connectivity index (χ2n) is 7.08. The van der Waals surface area contributed by atoms with Gasteiger partial charge in [-0.2, -0.15) is 0 Å². The third-order valence-corrected chi connectivity index (χ3v) is 5.21. The molecule has 0 aliphatic rings. The van der Waals surface area contributed by atoms with Gasteiger partial charge < -0.3 is 26.8 Å². The van der Waals surface area contributed by atoms with Gasteiger partial charge in [-0.3, -0.25) is 29.1 Å². The fourth-order valence-corrected chi connectivity index (χ4v) is 3.55. The molecule has 0 aliphatic heterocycles. The Bertz CT molecular complexity index is 497. The summed E-state index contributed by atoms with van der Waals surface area (Å²) in [5, 5.41) is 29.0. The molecule has 0 aliphatic carbocycles. The molecule has 0 heterocycles. The predicted molar refractivity (Wildman–Crippen MR) is 108 cm³/mol. The van der Waals surface area contributed by atoms with E-state index in [1.807, 2.05) is 13.8 Å². The van der Waals surface area contributed by atoms with Gasteiger partial charge in [-0.25, -0.2) is 0 Å². The van der Waals surface area contributed by atoms with Gasteiger partial charge in [0.05, 0.1) is 31.8 Å². The van der Waals surface area contributed by atoms with Crippen LogP contribution >= 0.6 is 0 Å². The zero-order valence-corrected chi connectivity index (χ0v) is 17.8. The normalized spacial score (nSPS) is 16.0. The van der Waals surface area contributed by atoms with Gasteiger partial charge >= 0.3 is 5.97 Å². The van der Waals surface area contributed by atoms with Crippen LogP contribution in [0, 0.1) is 0 Å². The number of aliphatic carboxylic acids is 1. The van der Waals surface area contributed by atoms with Crippen LogP contribution in [0.4, 0.5) is 0 Å². The van der Waals surface area contributed by atoms with Gasteiger partial charge in [0, 0.05) is 25.2 Å². The summed E-state index contributed by atoms with van der Waals surface area (Å²) >= 11 is 0. The van der Waals surface area contributed by atoms with Gasteiger partial charge in [0.2, 0.25) is 11.8 Å². The molecule has 0 bridgehead atoms. The Morgan fingerprint density at radius 3 is 1.38 bits per heavy atom. The van der Waals surface area contributed by atoms with Crippen LogP contribution in [0.1, 0.15) is 27.7 Å². The van der Waals surface area contributed by atoms with E-state index in [0.717, 1.165) is 0 Å². The first-order valence-corrected chi connectivity index (χ1v) is 9.79. The molecule has 0 aromatic rings. The second kappa shape index (κ2) is 13.4. The van der Waals surface area contributed by atoms with Crippen molar-refractivity contribution >= 4 is 17.8 Å². The molecule has 0 rings (SSSR count). The van der Waals surface area contributed by atoms with E-state index in [1.54, 1.807) is 28.5 Å². The molecule has 11 nitrogen and oxygen atoms in total. The lowest BCUT2D eigenvalue weighted by Crippen LogP contribution is -2.57. The van der Waals surface area contributed by atoms with E-state index in [0.29, 0.717) is 13.1 Å². The van der Waals surface area contributed by atoms with Gasteiger partial charge in [-0.05, 0) is 26.9 Å². The van der Waals surface area contributed by atoms with Gasteiger partial charge in [0.15, 0.2) is 0 Å². The number of nitrogens with zero attached hydrogens (tertiary/aromatic N) is 3. The Labute approximate surface area is 172 Å². The Kier molecular flexibility index (Phi) is 12.6. The topological polar surface area (TPSA) is 174 Å². The number of carboxylic acids is 1. The molecule has 170 valence electrons. The van der Waals surface area contributed by atoms with Crippen LogP contribution < -0.4 is 11.5 Å². The number of carbonyl (C=O) groups is 3. The van der Waals surface area contributed by atoms with E-state index in [9.17, 15) is 29.7 Å². The predicted octanol–water partition coefficient (Wildman–Crippen LogP) is -2.51. The number of hydrogen-bond donors (Lipinski definition) is 5. The number of aliphatic hydroxyl groups is 2. The second-order valence-corrected chi connectivity index (χ2v) is 7.08. The molecule has 0 radical (unpaired) electrons. The highest BCUT2D eigenvalue weighted by molar-refractivity contribution is 5.79. The van der Waals surface area contributed by atoms with Crippen LogP contribution in [0.15, 0.2) is 0 Å². The minimum absolute atomic E-state index is 0.132. The zero-order chi connectivity index (χ0) is 22.7. The number of nitrogens with two attached hydrogens (primary N) is 2. The minimum atomic E-state index is -1.07. The summed E-state index contributed by atoms with van der Waals surface area (Å²) in [5.74, 6) is -2.16. The van der Waals surface area contributed by atoms with E-state index < -0.39 is 42.0 Å². The Morgan fingerprint density at radius 2 is 1.17 bits per heavy atom. The van der Waals surface area contributed by atoms with Gasteiger partial charge in [0.1, 0.15) is 0 Å². The first-order chi connectivity index (χ1) is 13.5. The molecule has 0 aromatic heterocycles. The number of amides is 2. The van der Waals surface area contributed by atoms with Crippen LogP contribution in [0.2, 0.25) is 0 Å². The minimum Gasteiger partial charge on any atom is -0.480 e. The summed E-state index contributed by atoms with van der Waals surface area (Å²) in [6.07, 6.45) is 0. The molecule has 0 saturated heterocycles. The van der Waals surface area contributed by atoms with Crippen molar-refractivity contribution in [1.82, 2.24) is 14.7 Å². The van der Waals surface area contributed by atoms with Crippen molar-refractivity contribution in [3.8, 4) is 0 Å². The molecule has 0 fully saturated rings. The Morgan fingerprint density at radius 1 is 0.828 bits per heavy atom. The van der Waals surface area contributed by atoms with E-state index in [-0.39, 0.29) is 32.8 Å². The molecule has 7 N–H and O–H groups in total. The molecule has 11 heteroatoms. The Hall–Kier alpha value is -1.79. The lowest BCUT2D eigenvalue weighted by Gasteiger charge is -2.39. The maximum atomic E-state index is 11.6. The van der Waals surface area contributed by atoms with E-state index in [4.69, 9.17) is 11.5 Å². The lowest BCUT2D eigenvalue weighted by molar-refractivity contribution is -0.139. The highest BCUT2D eigenvalue weighted by Crippen LogP contribution is 2.12. The monoisotopic (exact) mass is 419 g/mol. The summed E-state index contributed by atoms with van der Waals surface area (Å²) in [7, 11) is 0. The fourth-order valence-electron chi connectivity index (χ4n) is 3.55. The maximum Gasteiger partial charge on any atom is 0.317 e. The summed E-state index contributed by atoms with van der Waals surface area (Å²) in [6.45, 7) is 7.06. The summed E-state index contributed by atoms with van der Waals surface area (Å²) in [4.78, 5) is 39.5. The van der Waals surface area contributed by atoms with Crippen LogP contribution in [-0.2, 0) is 14.4 Å². The van der Waals surface area contributed by atoms with Crippen LogP contribution in [0.25, 0.3) is 0 Å². The lowest BCUT2D eigenvalue weighted by atomic mass is 10.1. The first-order valence-electron chi connectivity index (χ1n) is 9.79. The summed E-state index contributed by atoms with van der Waals surface area (Å²) in [5.41, 5.74) is 10.8. The molecule has 4 unspecified atom stereocenters. The smallest absolute Gasteiger partial charge is 0.317 e. The number of rotatable bonds is 16. The van der Waals surface area contributed by atoms with Gasteiger partial charge in [-0.1, -0.05) is 13.8 Å². The van der Waals surface area contributed by atoms with Crippen molar-refractivity contribution < 1.29 is 29.7 Å². The van der Waals surface area contributed by atoms with Gasteiger partial charge in [-0.15, -0.1) is 0 Å². The maximum absolute atomic E-state index is 11.6. The third-order valence-electron chi connectivity index (χ3n) is 5.21. The van der Waals surface area contributed by atoms with E-state index >= 15 is 0 Å². The quantitative estimate of drug-likeness (QED) is 0.181. The summed E-state index contributed by atoms with van der Waals surface area (Å²) in [6, 6.07) is -2.35. The molecular formula is C18H37N5O6. The average Bonchev–Trinajstić information content (AvgIpc) is 2.65. The SMILES string of the molecule is CCN(C(CO)CN(CC(=O)O)CC(CO)N(CC)C(C)C(N)=O)C(C)C(N)=O. The zero-order valence-electron chi connectivity index (χ0n) is 17.8. The number of aliphatic hydroxyl groups excluding tert-OH is 2. The fraction of sp³-hybridized carbons (Fsp3) is 0.833. The third kappa shape index (κ3) is 8.62. The van der Waals surface area contributed by atoms with Crippen molar-refractivity contribution in [2.24, 2.45) is 11.5 Å². The Balaban J connectivity index is 5.57. The molecule has 2 amide bonds. The first kappa shape index (κ1) is 27.2. The molecule has 0 aromatic carbocycles. The molecule has 0 spiro atoms. The number of primary amides is 2. The van der Waals surface area contributed by atoms with Crippen LogP contribution in [-0.4, -0.2) is 118 Å². The molecular weight excluding hydrogens is 382 g/mol. The van der Waals surface area contributed by atoms with E-state index in [1.165, 1.54) is 0 Å². The number of likely N-dealkylation sites (N-methyl/N-ethyl adjacent to an activating group) is 2. The van der Waals surface area contributed by atoms with Crippen molar-refractivity contribution in [3.05, 3.63) is 0 Å². The van der Waals surface area contributed by atoms with Crippen molar-refractivity contribution in [2.75, 3.05) is 45.9 Å². The summed E-state index contributed by atoms with van der Waals surface area (Å²) < 4.78 is 0. The highest BCUT2D eigenvalue weighted by Gasteiger charge is 2.31. The molecule has 0 saturated carbocycles. The largest absolute Gasteiger partial charge is 0.480 e. The number of hydrogen-bond acceptors (Lipinski definition) is 8. The van der Waals surface area contributed by atoms with E-state index in [2.05, 4.69) is 0 Å².